The molecule has 0 amide bonds. The number of nitrogens with one attached hydrogen (secondary N) is 1. The smallest absolute Gasteiger partial charge is 0.328 e. The summed E-state index contributed by atoms with van der Waals surface area (Å²) in [5, 5.41) is 3.19. The van der Waals surface area contributed by atoms with Crippen molar-refractivity contribution in [2.24, 2.45) is 0 Å². The van der Waals surface area contributed by atoms with Crippen LogP contribution in [0.15, 0.2) is 36.7 Å². The first-order valence-corrected chi connectivity index (χ1v) is 7.22. The number of esters is 1. The zero-order valence-electron chi connectivity index (χ0n) is 12.1. The van der Waals surface area contributed by atoms with Gasteiger partial charge in [-0.2, -0.15) is 0 Å². The number of halogens is 1. The number of hydrogen-bond acceptors (Lipinski definition) is 6. The lowest BCUT2D eigenvalue weighted by molar-refractivity contribution is -0.144. The lowest BCUT2D eigenvalue weighted by Gasteiger charge is -2.18. The van der Waals surface area contributed by atoms with Gasteiger partial charge in [0.25, 0.3) is 0 Å². The maximum Gasteiger partial charge on any atom is 0.328 e. The topological polar surface area (TPSA) is 90.1 Å². The molecule has 0 fully saturated rings. The van der Waals surface area contributed by atoms with E-state index in [1.807, 2.05) is 12.1 Å². The van der Waals surface area contributed by atoms with Gasteiger partial charge in [-0.05, 0) is 24.6 Å². The van der Waals surface area contributed by atoms with Gasteiger partial charge in [0, 0.05) is 24.5 Å². The van der Waals surface area contributed by atoms with E-state index in [1.54, 1.807) is 19.1 Å². The molecule has 22 heavy (non-hydrogen) atoms. The second kappa shape index (κ2) is 7.61. The number of ether oxygens (including phenoxy) is 1. The van der Waals surface area contributed by atoms with Gasteiger partial charge >= 0.3 is 5.97 Å². The highest BCUT2D eigenvalue weighted by Gasteiger charge is 2.22. The SMILES string of the molecule is CCOC(=O)[C@H](Cc1ccc(N)cc1)Nc1nccnc1Cl. The standard InChI is InChI=1S/C15H17ClN4O2/c1-2-22-15(21)12(9-10-3-5-11(17)6-4-10)20-14-13(16)18-7-8-19-14/h3-8,12H,2,9,17H2,1H3,(H,19,20)/t12-/m0/s1. The average Bonchev–Trinajstić information content (AvgIpc) is 2.51. The van der Waals surface area contributed by atoms with Gasteiger partial charge in [0.2, 0.25) is 0 Å². The van der Waals surface area contributed by atoms with Crippen molar-refractivity contribution in [3.05, 3.63) is 47.4 Å². The molecule has 1 atom stereocenters. The molecule has 1 heterocycles. The number of carbonyl (C=O) groups excluding carboxylic acids is 1. The molecule has 0 unspecified atom stereocenters. The van der Waals surface area contributed by atoms with Crippen LogP contribution in [0, 0.1) is 0 Å². The van der Waals surface area contributed by atoms with E-state index in [0.717, 1.165) is 5.56 Å². The first-order chi connectivity index (χ1) is 10.6. The molecule has 0 aliphatic rings. The van der Waals surface area contributed by atoms with E-state index in [0.29, 0.717) is 24.5 Å². The van der Waals surface area contributed by atoms with Crippen molar-refractivity contribution in [3.8, 4) is 0 Å². The minimum Gasteiger partial charge on any atom is -0.464 e. The zero-order chi connectivity index (χ0) is 15.9. The second-order valence-corrected chi connectivity index (χ2v) is 4.95. The highest BCUT2D eigenvalue weighted by Crippen LogP contribution is 2.18. The predicted octanol–water partition coefficient (Wildman–Crippen LogP) is 2.30. The van der Waals surface area contributed by atoms with Crippen molar-refractivity contribution in [2.75, 3.05) is 17.7 Å². The quantitative estimate of drug-likeness (QED) is 0.627. The zero-order valence-corrected chi connectivity index (χ0v) is 12.9. The van der Waals surface area contributed by atoms with Crippen LogP contribution in [0.4, 0.5) is 11.5 Å². The third-order valence-corrected chi connectivity index (χ3v) is 3.23. The minimum absolute atomic E-state index is 0.203. The number of nitrogen functional groups attached to an aromatic ring is 1. The molecule has 2 rings (SSSR count). The Kier molecular flexibility index (Phi) is 5.55. The molecule has 0 aliphatic carbocycles. The molecule has 7 heteroatoms. The summed E-state index contributed by atoms with van der Waals surface area (Å²) in [5.74, 6) is -0.0290. The molecule has 2 aromatic rings. The number of benzene rings is 1. The summed E-state index contributed by atoms with van der Waals surface area (Å²) in [6.07, 6.45) is 3.40. The van der Waals surface area contributed by atoms with Gasteiger partial charge in [-0.25, -0.2) is 14.8 Å². The number of rotatable bonds is 6. The summed E-state index contributed by atoms with van der Waals surface area (Å²) in [6, 6.07) is 6.68. The van der Waals surface area contributed by atoms with Gasteiger partial charge in [-0.3, -0.25) is 0 Å². The fourth-order valence-electron chi connectivity index (χ4n) is 1.91. The summed E-state index contributed by atoms with van der Waals surface area (Å²) in [7, 11) is 0. The van der Waals surface area contributed by atoms with Crippen LogP contribution in [-0.4, -0.2) is 28.6 Å². The van der Waals surface area contributed by atoms with Crippen LogP contribution in [0.3, 0.4) is 0 Å². The molecular weight excluding hydrogens is 304 g/mol. The Morgan fingerprint density at radius 2 is 2.00 bits per heavy atom. The minimum atomic E-state index is -0.613. The molecule has 0 saturated carbocycles. The van der Waals surface area contributed by atoms with E-state index < -0.39 is 6.04 Å². The van der Waals surface area contributed by atoms with Crippen LogP contribution in [0.25, 0.3) is 0 Å². The monoisotopic (exact) mass is 320 g/mol. The molecule has 0 bridgehead atoms. The van der Waals surface area contributed by atoms with Gasteiger partial charge in [-0.1, -0.05) is 23.7 Å². The molecular formula is C15H17ClN4O2. The van der Waals surface area contributed by atoms with Crippen molar-refractivity contribution < 1.29 is 9.53 Å². The average molecular weight is 321 g/mol. The van der Waals surface area contributed by atoms with E-state index in [4.69, 9.17) is 22.1 Å². The van der Waals surface area contributed by atoms with Gasteiger partial charge in [-0.15, -0.1) is 0 Å². The third kappa shape index (κ3) is 4.33. The van der Waals surface area contributed by atoms with Crippen molar-refractivity contribution in [1.29, 1.82) is 0 Å². The Labute approximate surface area is 133 Å². The summed E-state index contributed by atoms with van der Waals surface area (Å²) in [5.41, 5.74) is 7.28. The summed E-state index contributed by atoms with van der Waals surface area (Å²) in [6.45, 7) is 2.06. The summed E-state index contributed by atoms with van der Waals surface area (Å²) < 4.78 is 5.09. The first-order valence-electron chi connectivity index (χ1n) is 6.84. The van der Waals surface area contributed by atoms with Crippen molar-refractivity contribution in [2.45, 2.75) is 19.4 Å². The molecule has 1 aromatic heterocycles. The second-order valence-electron chi connectivity index (χ2n) is 4.59. The Hall–Kier alpha value is -2.34. The van der Waals surface area contributed by atoms with Crippen molar-refractivity contribution >= 4 is 29.1 Å². The van der Waals surface area contributed by atoms with E-state index in [1.165, 1.54) is 12.4 Å². The highest BCUT2D eigenvalue weighted by atomic mass is 35.5. The Balaban J connectivity index is 2.17. The van der Waals surface area contributed by atoms with Crippen LogP contribution >= 0.6 is 11.6 Å². The van der Waals surface area contributed by atoms with E-state index in [-0.39, 0.29) is 11.1 Å². The molecule has 6 nitrogen and oxygen atoms in total. The number of anilines is 2. The fourth-order valence-corrected chi connectivity index (χ4v) is 2.07. The van der Waals surface area contributed by atoms with E-state index >= 15 is 0 Å². The van der Waals surface area contributed by atoms with Crippen molar-refractivity contribution in [3.63, 3.8) is 0 Å². The molecule has 3 N–H and O–H groups in total. The molecule has 0 aliphatic heterocycles. The Morgan fingerprint density at radius 3 is 2.64 bits per heavy atom. The lowest BCUT2D eigenvalue weighted by atomic mass is 10.1. The maximum atomic E-state index is 12.1. The molecule has 116 valence electrons. The van der Waals surface area contributed by atoms with Crippen LogP contribution in [-0.2, 0) is 16.0 Å². The van der Waals surface area contributed by atoms with Gasteiger partial charge < -0.3 is 15.8 Å². The van der Waals surface area contributed by atoms with Gasteiger partial charge in [0.1, 0.15) is 6.04 Å². The van der Waals surface area contributed by atoms with E-state index in [9.17, 15) is 4.79 Å². The van der Waals surface area contributed by atoms with Crippen LogP contribution in [0.5, 0.6) is 0 Å². The maximum absolute atomic E-state index is 12.1. The number of hydrogen-bond donors (Lipinski definition) is 2. The number of carbonyl (C=O) groups is 1. The highest BCUT2D eigenvalue weighted by molar-refractivity contribution is 6.31. The molecule has 0 saturated heterocycles. The molecule has 0 spiro atoms. The summed E-state index contributed by atoms with van der Waals surface area (Å²) >= 11 is 5.97. The largest absolute Gasteiger partial charge is 0.464 e. The van der Waals surface area contributed by atoms with Gasteiger partial charge in [0.15, 0.2) is 11.0 Å². The number of aromatic nitrogens is 2. The Bertz CT molecular complexity index is 634. The van der Waals surface area contributed by atoms with Crippen molar-refractivity contribution in [1.82, 2.24) is 9.97 Å². The fraction of sp³-hybridized carbons (Fsp3) is 0.267. The lowest BCUT2D eigenvalue weighted by Crippen LogP contribution is -2.34. The summed E-state index contributed by atoms with van der Waals surface area (Å²) in [4.78, 5) is 20.1. The first kappa shape index (κ1) is 16.0. The predicted molar refractivity (Wildman–Crippen MR) is 85.6 cm³/mol. The van der Waals surface area contributed by atoms with Crippen LogP contribution < -0.4 is 11.1 Å². The number of nitrogens with two attached hydrogens (primary N) is 1. The Morgan fingerprint density at radius 1 is 1.32 bits per heavy atom. The van der Waals surface area contributed by atoms with Gasteiger partial charge in [0.05, 0.1) is 6.61 Å². The normalized spacial score (nSPS) is 11.7. The van der Waals surface area contributed by atoms with Crippen LogP contribution in [0.2, 0.25) is 5.15 Å². The van der Waals surface area contributed by atoms with Crippen LogP contribution in [0.1, 0.15) is 12.5 Å². The third-order valence-electron chi connectivity index (χ3n) is 2.96. The molecule has 0 radical (unpaired) electrons. The van der Waals surface area contributed by atoms with E-state index in [2.05, 4.69) is 15.3 Å². The molecule has 1 aromatic carbocycles. The number of nitrogens with zero attached hydrogens (tertiary/aromatic N) is 2.